The van der Waals surface area contributed by atoms with Crippen molar-refractivity contribution in [2.24, 2.45) is 0 Å². The predicted octanol–water partition coefficient (Wildman–Crippen LogP) is 2.23. The van der Waals surface area contributed by atoms with Crippen LogP contribution in [-0.2, 0) is 13.0 Å². The molecule has 0 spiro atoms. The fourth-order valence-electron chi connectivity index (χ4n) is 3.26. The van der Waals surface area contributed by atoms with E-state index in [0.717, 1.165) is 25.5 Å². The highest BCUT2D eigenvalue weighted by molar-refractivity contribution is 5.20. The highest BCUT2D eigenvalue weighted by atomic mass is 19.1. The molecule has 2 aromatic rings. The molecule has 0 bridgehead atoms. The molecule has 0 aliphatic carbocycles. The van der Waals surface area contributed by atoms with Crippen molar-refractivity contribution in [3.63, 3.8) is 0 Å². The zero-order chi connectivity index (χ0) is 16.2. The second kappa shape index (κ2) is 7.19. The molecule has 3 rings (SSSR count). The fraction of sp³-hybridized carbons (Fsp3) is 0.471. The zero-order valence-corrected chi connectivity index (χ0v) is 12.9. The molecule has 1 N–H and O–H groups in total. The Hall–Kier alpha value is -1.79. The van der Waals surface area contributed by atoms with E-state index in [-0.39, 0.29) is 6.04 Å². The van der Waals surface area contributed by atoms with Crippen LogP contribution in [0.5, 0.6) is 0 Å². The van der Waals surface area contributed by atoms with E-state index in [1.165, 1.54) is 12.1 Å². The largest absolute Gasteiger partial charge is 0.390 e. The third kappa shape index (κ3) is 4.14. The number of β-amino-alcohol motifs (C(OH)–C–C–N with tert-alkyl or cyclic N) is 1. The summed E-state index contributed by atoms with van der Waals surface area (Å²) in [4.78, 5) is 2.19. The van der Waals surface area contributed by atoms with Gasteiger partial charge in [0, 0.05) is 31.0 Å². The average molecular weight is 321 g/mol. The first-order chi connectivity index (χ1) is 11.1. The van der Waals surface area contributed by atoms with E-state index in [2.05, 4.69) is 10.00 Å². The van der Waals surface area contributed by atoms with Gasteiger partial charge in [0.15, 0.2) is 0 Å². The van der Waals surface area contributed by atoms with Crippen LogP contribution in [0, 0.1) is 11.6 Å². The molecule has 1 aliphatic rings. The Labute approximate surface area is 134 Å². The summed E-state index contributed by atoms with van der Waals surface area (Å²) >= 11 is 0. The molecule has 1 fully saturated rings. The molecule has 2 unspecified atom stereocenters. The molecule has 6 heteroatoms. The first kappa shape index (κ1) is 16.1. The van der Waals surface area contributed by atoms with Crippen molar-refractivity contribution < 1.29 is 13.9 Å². The smallest absolute Gasteiger partial charge is 0.129 e. The number of hydrogen-bond donors (Lipinski definition) is 1. The number of halogens is 2. The van der Waals surface area contributed by atoms with Gasteiger partial charge >= 0.3 is 0 Å². The summed E-state index contributed by atoms with van der Waals surface area (Å²) in [6.45, 7) is 1.87. The van der Waals surface area contributed by atoms with Crippen molar-refractivity contribution >= 4 is 0 Å². The molecule has 23 heavy (non-hydrogen) atoms. The number of rotatable bonds is 6. The molecule has 1 saturated heterocycles. The quantitative estimate of drug-likeness (QED) is 0.887. The maximum atomic E-state index is 13.8. The van der Waals surface area contributed by atoms with Crippen molar-refractivity contribution in [1.82, 2.24) is 14.7 Å². The van der Waals surface area contributed by atoms with Crippen molar-refractivity contribution in [3.8, 4) is 0 Å². The van der Waals surface area contributed by atoms with Gasteiger partial charge in [-0.05, 0) is 43.5 Å². The van der Waals surface area contributed by atoms with Gasteiger partial charge in [0.25, 0.3) is 0 Å². The van der Waals surface area contributed by atoms with Gasteiger partial charge in [0.2, 0.25) is 0 Å². The molecule has 124 valence electrons. The number of likely N-dealkylation sites (tertiary alicyclic amines) is 1. The van der Waals surface area contributed by atoms with Crippen LogP contribution >= 0.6 is 0 Å². The minimum atomic E-state index is -0.552. The Morgan fingerprint density at radius 3 is 2.91 bits per heavy atom. The first-order valence-corrected chi connectivity index (χ1v) is 7.95. The summed E-state index contributed by atoms with van der Waals surface area (Å²) in [5.41, 5.74) is 0.532. The van der Waals surface area contributed by atoms with E-state index in [1.807, 2.05) is 12.3 Å². The summed E-state index contributed by atoms with van der Waals surface area (Å²) < 4.78 is 28.5. The molecule has 4 nitrogen and oxygen atoms in total. The lowest BCUT2D eigenvalue weighted by Crippen LogP contribution is -2.39. The van der Waals surface area contributed by atoms with Gasteiger partial charge in [-0.1, -0.05) is 6.07 Å². The van der Waals surface area contributed by atoms with Gasteiger partial charge in [-0.2, -0.15) is 5.10 Å². The molecule has 0 amide bonds. The minimum absolute atomic E-state index is 0.183. The van der Waals surface area contributed by atoms with Crippen LogP contribution in [-0.4, -0.2) is 45.0 Å². The number of aromatic nitrogens is 2. The standard InChI is InChI=1S/C17H21F2N3O/c18-14-5-4-13(17(19)10-14)9-15-3-1-7-21(15)11-16(23)12-22-8-2-6-20-22/h2,4-6,8,10,15-16,23H,1,3,7,9,11-12H2. The summed E-state index contributed by atoms with van der Waals surface area (Å²) in [7, 11) is 0. The monoisotopic (exact) mass is 321 g/mol. The highest BCUT2D eigenvalue weighted by Crippen LogP contribution is 2.23. The number of hydrogen-bond acceptors (Lipinski definition) is 3. The van der Waals surface area contributed by atoms with Crippen LogP contribution < -0.4 is 0 Å². The van der Waals surface area contributed by atoms with Crippen LogP contribution in [0.1, 0.15) is 18.4 Å². The maximum Gasteiger partial charge on any atom is 0.129 e. The molecule has 2 atom stereocenters. The third-order valence-corrected chi connectivity index (χ3v) is 4.37. The van der Waals surface area contributed by atoms with Gasteiger partial charge in [0.1, 0.15) is 11.6 Å². The fourth-order valence-corrected chi connectivity index (χ4v) is 3.26. The average Bonchev–Trinajstić information content (AvgIpc) is 3.14. The molecular formula is C17H21F2N3O. The lowest BCUT2D eigenvalue weighted by molar-refractivity contribution is 0.0889. The number of aliphatic hydroxyl groups is 1. The van der Waals surface area contributed by atoms with Gasteiger partial charge in [-0.15, -0.1) is 0 Å². The molecule has 2 heterocycles. The van der Waals surface area contributed by atoms with Crippen LogP contribution in [0.2, 0.25) is 0 Å². The van der Waals surface area contributed by atoms with Crippen molar-refractivity contribution in [2.45, 2.75) is 38.0 Å². The molecule has 0 saturated carbocycles. The Balaban J connectivity index is 1.59. The predicted molar refractivity (Wildman–Crippen MR) is 82.9 cm³/mol. The van der Waals surface area contributed by atoms with E-state index in [0.29, 0.717) is 25.1 Å². The summed E-state index contributed by atoms with van der Waals surface area (Å²) in [6, 6.07) is 5.75. The van der Waals surface area contributed by atoms with E-state index < -0.39 is 17.7 Å². The van der Waals surface area contributed by atoms with E-state index >= 15 is 0 Å². The highest BCUT2D eigenvalue weighted by Gasteiger charge is 2.27. The third-order valence-electron chi connectivity index (χ3n) is 4.37. The molecule has 1 aromatic carbocycles. The van der Waals surface area contributed by atoms with Crippen LogP contribution in [0.25, 0.3) is 0 Å². The Bertz CT molecular complexity index is 633. The van der Waals surface area contributed by atoms with E-state index in [4.69, 9.17) is 0 Å². The number of aliphatic hydroxyl groups excluding tert-OH is 1. The van der Waals surface area contributed by atoms with Crippen LogP contribution in [0.4, 0.5) is 8.78 Å². The first-order valence-electron chi connectivity index (χ1n) is 7.95. The maximum absolute atomic E-state index is 13.8. The van der Waals surface area contributed by atoms with Crippen molar-refractivity contribution in [3.05, 3.63) is 53.9 Å². The molecule has 1 aromatic heterocycles. The topological polar surface area (TPSA) is 41.3 Å². The van der Waals surface area contributed by atoms with E-state index in [9.17, 15) is 13.9 Å². The normalized spacial score (nSPS) is 20.0. The van der Waals surface area contributed by atoms with Gasteiger partial charge in [-0.3, -0.25) is 9.58 Å². The van der Waals surface area contributed by atoms with Crippen molar-refractivity contribution in [2.75, 3.05) is 13.1 Å². The number of nitrogens with zero attached hydrogens (tertiary/aromatic N) is 3. The lowest BCUT2D eigenvalue weighted by Gasteiger charge is -2.27. The number of benzene rings is 1. The van der Waals surface area contributed by atoms with Gasteiger partial charge in [0.05, 0.1) is 12.6 Å². The summed E-state index contributed by atoms with van der Waals surface area (Å²) in [6.07, 6.45) is 5.52. The Morgan fingerprint density at radius 2 is 2.17 bits per heavy atom. The second-order valence-corrected chi connectivity index (χ2v) is 6.11. The van der Waals surface area contributed by atoms with Gasteiger partial charge < -0.3 is 5.11 Å². The SMILES string of the molecule is OC(CN1CCCC1Cc1ccc(F)cc1F)Cn1cccn1. The second-order valence-electron chi connectivity index (χ2n) is 6.11. The van der Waals surface area contributed by atoms with Crippen LogP contribution in [0.3, 0.4) is 0 Å². The minimum Gasteiger partial charge on any atom is -0.390 e. The Kier molecular flexibility index (Phi) is 5.03. The molecule has 0 radical (unpaired) electrons. The van der Waals surface area contributed by atoms with Gasteiger partial charge in [-0.25, -0.2) is 8.78 Å². The van der Waals surface area contributed by atoms with E-state index in [1.54, 1.807) is 10.9 Å². The van der Waals surface area contributed by atoms with Crippen molar-refractivity contribution in [1.29, 1.82) is 0 Å². The Morgan fingerprint density at radius 1 is 1.30 bits per heavy atom. The van der Waals surface area contributed by atoms with Crippen LogP contribution in [0.15, 0.2) is 36.7 Å². The summed E-state index contributed by atoms with van der Waals surface area (Å²) in [5, 5.41) is 14.3. The summed E-state index contributed by atoms with van der Waals surface area (Å²) in [5.74, 6) is -1.04. The zero-order valence-electron chi connectivity index (χ0n) is 12.9. The molecular weight excluding hydrogens is 300 g/mol. The molecule has 1 aliphatic heterocycles. The lowest BCUT2D eigenvalue weighted by atomic mass is 10.0.